The molecule has 0 bridgehead atoms. The summed E-state index contributed by atoms with van der Waals surface area (Å²) in [7, 11) is 0. The molecule has 0 atom stereocenters. The van der Waals surface area contributed by atoms with E-state index in [1.165, 1.54) is 9.42 Å². The minimum absolute atomic E-state index is 0.0379. The Morgan fingerprint density at radius 3 is 2.38 bits per heavy atom. The van der Waals surface area contributed by atoms with E-state index >= 15 is 0 Å². The van der Waals surface area contributed by atoms with Crippen molar-refractivity contribution < 1.29 is 33.4 Å². The van der Waals surface area contributed by atoms with Crippen LogP contribution < -0.4 is 4.74 Å². The fourth-order valence-corrected chi connectivity index (χ4v) is 3.60. The Kier molecular flexibility index (Phi) is 9.37. The quantitative estimate of drug-likeness (QED) is 0.286. The van der Waals surface area contributed by atoms with Gasteiger partial charge in [0.25, 0.3) is 0 Å². The lowest BCUT2D eigenvalue weighted by atomic mass is 10.2. The zero-order chi connectivity index (χ0) is 26.8. The van der Waals surface area contributed by atoms with Crippen LogP contribution in [0.1, 0.15) is 49.0 Å². The largest absolute Gasteiger partial charge is 0.466 e. The number of aromatic amines is 1. The number of carbonyl (C=O) groups excluding carboxylic acids is 4. The van der Waals surface area contributed by atoms with Gasteiger partial charge < -0.3 is 19.1 Å². The van der Waals surface area contributed by atoms with Crippen molar-refractivity contribution in [2.45, 2.75) is 33.1 Å². The Labute approximate surface area is 212 Å². The number of hydrogen-bond donors (Lipinski definition) is 1. The summed E-state index contributed by atoms with van der Waals surface area (Å²) in [5.74, 6) is -0.736. The number of ether oxygens (including phenoxy) is 3. The highest BCUT2D eigenvalue weighted by Crippen LogP contribution is 2.29. The van der Waals surface area contributed by atoms with Crippen LogP contribution in [-0.4, -0.2) is 70.1 Å². The molecular weight excluding hydrogens is 482 g/mol. The lowest BCUT2D eigenvalue weighted by Gasteiger charge is -2.21. The molecule has 1 N–H and O–H groups in total. The van der Waals surface area contributed by atoms with E-state index in [4.69, 9.17) is 14.2 Å². The lowest BCUT2D eigenvalue weighted by molar-refractivity contribution is -0.144. The number of hydrogen-bond acceptors (Lipinski definition) is 9. The molecule has 194 valence electrons. The van der Waals surface area contributed by atoms with Gasteiger partial charge in [-0.15, -0.1) is 0 Å². The molecule has 0 aliphatic heterocycles. The molecule has 0 saturated carbocycles. The predicted molar refractivity (Wildman–Crippen MR) is 130 cm³/mol. The van der Waals surface area contributed by atoms with Crippen molar-refractivity contribution in [1.29, 1.82) is 5.26 Å². The van der Waals surface area contributed by atoms with Crippen molar-refractivity contribution in [2.24, 2.45) is 0 Å². The molecule has 0 aliphatic carbocycles. The predicted octanol–water partition coefficient (Wildman–Crippen LogP) is 3.11. The van der Waals surface area contributed by atoms with Crippen LogP contribution >= 0.6 is 0 Å². The van der Waals surface area contributed by atoms with Crippen LogP contribution in [0.3, 0.4) is 0 Å². The van der Waals surface area contributed by atoms with Crippen molar-refractivity contribution >= 4 is 30.0 Å². The monoisotopic (exact) mass is 509 g/mol. The van der Waals surface area contributed by atoms with E-state index in [9.17, 15) is 24.4 Å². The molecule has 12 heteroatoms. The number of benzene rings is 1. The zero-order valence-electron chi connectivity index (χ0n) is 20.6. The van der Waals surface area contributed by atoms with E-state index in [1.54, 1.807) is 26.0 Å². The number of carbonyl (C=O) groups is 4. The van der Waals surface area contributed by atoms with Crippen LogP contribution in [0, 0.1) is 11.3 Å². The Hall–Kier alpha value is -4.66. The van der Waals surface area contributed by atoms with E-state index in [2.05, 4.69) is 10.1 Å². The molecule has 0 aliphatic rings. The molecule has 2 aromatic heterocycles. The highest BCUT2D eigenvalue weighted by Gasteiger charge is 2.27. The highest BCUT2D eigenvalue weighted by molar-refractivity contribution is 5.91. The summed E-state index contributed by atoms with van der Waals surface area (Å²) in [5, 5.41) is 12.7. The van der Waals surface area contributed by atoms with Crippen LogP contribution in [-0.2, 0) is 19.1 Å². The number of esters is 2. The van der Waals surface area contributed by atoms with E-state index in [1.807, 2.05) is 24.3 Å². The van der Waals surface area contributed by atoms with Gasteiger partial charge in [0, 0.05) is 25.1 Å². The first-order valence-electron chi connectivity index (χ1n) is 11.8. The SMILES string of the molecule is CCOC(=O)CCCN(CCC(=O)OCC)C(=O)Oc1c(C#N)c(C=O)c2nc(-c3ccccc3)[nH]n12. The third-order valence-electron chi connectivity index (χ3n) is 5.30. The summed E-state index contributed by atoms with van der Waals surface area (Å²) in [6.45, 7) is 3.82. The minimum atomic E-state index is -0.877. The molecule has 3 rings (SSSR count). The fraction of sp³-hybridized carbons (Fsp3) is 0.360. The van der Waals surface area contributed by atoms with Gasteiger partial charge in [-0.25, -0.2) is 14.3 Å². The molecule has 12 nitrogen and oxygen atoms in total. The molecule has 1 amide bonds. The summed E-state index contributed by atoms with van der Waals surface area (Å²) >= 11 is 0. The summed E-state index contributed by atoms with van der Waals surface area (Å²) in [4.78, 5) is 54.2. The van der Waals surface area contributed by atoms with Crippen molar-refractivity contribution in [3.8, 4) is 23.3 Å². The molecule has 37 heavy (non-hydrogen) atoms. The number of amides is 1. The number of aromatic nitrogens is 3. The van der Waals surface area contributed by atoms with Gasteiger partial charge in [0.05, 0.1) is 25.2 Å². The molecular formula is C25H27N5O7. The summed E-state index contributed by atoms with van der Waals surface area (Å²) in [6.07, 6.45) is -0.186. The van der Waals surface area contributed by atoms with Gasteiger partial charge in [0.15, 0.2) is 17.8 Å². The average molecular weight is 510 g/mol. The summed E-state index contributed by atoms with van der Waals surface area (Å²) < 4.78 is 16.7. The Bertz CT molecular complexity index is 1310. The number of nitrogens with zero attached hydrogens (tertiary/aromatic N) is 4. The third kappa shape index (κ3) is 6.52. The molecule has 0 saturated heterocycles. The van der Waals surface area contributed by atoms with Gasteiger partial charge in [-0.2, -0.15) is 5.26 Å². The Balaban J connectivity index is 1.88. The van der Waals surface area contributed by atoms with E-state index in [-0.39, 0.29) is 68.2 Å². The maximum absolute atomic E-state index is 13.2. The number of nitrogens with one attached hydrogen (secondary N) is 1. The average Bonchev–Trinajstić information content (AvgIpc) is 3.44. The standard InChI is InChI=1S/C25H27N5O7/c1-3-35-20(32)11-8-13-29(14-12-21(33)36-4-2)25(34)37-24-18(15-26)19(16-31)23-27-22(28-30(23)24)17-9-6-5-7-10-17/h5-7,9-10,16H,3-4,8,11-14H2,1-2H3,(H,27,28). The number of rotatable bonds is 12. The second-order valence-corrected chi connectivity index (χ2v) is 7.74. The van der Waals surface area contributed by atoms with E-state index < -0.39 is 18.0 Å². The zero-order valence-corrected chi connectivity index (χ0v) is 20.6. The van der Waals surface area contributed by atoms with E-state index in [0.29, 0.717) is 17.7 Å². The first-order valence-corrected chi connectivity index (χ1v) is 11.8. The summed E-state index contributed by atoms with van der Waals surface area (Å²) in [6, 6.07) is 11.0. The Morgan fingerprint density at radius 1 is 1.08 bits per heavy atom. The molecule has 1 aromatic carbocycles. The van der Waals surface area contributed by atoms with Gasteiger partial charge in [0.2, 0.25) is 5.88 Å². The van der Waals surface area contributed by atoms with Crippen LogP contribution in [0.5, 0.6) is 5.88 Å². The van der Waals surface area contributed by atoms with Crippen LogP contribution in [0.4, 0.5) is 4.79 Å². The van der Waals surface area contributed by atoms with Gasteiger partial charge in [-0.1, -0.05) is 30.3 Å². The molecule has 0 spiro atoms. The van der Waals surface area contributed by atoms with Gasteiger partial charge in [0.1, 0.15) is 11.6 Å². The number of nitriles is 1. The number of H-pyrrole nitrogens is 1. The van der Waals surface area contributed by atoms with Crippen molar-refractivity contribution in [3.63, 3.8) is 0 Å². The van der Waals surface area contributed by atoms with Crippen molar-refractivity contribution in [1.82, 2.24) is 19.5 Å². The first kappa shape index (κ1) is 26.9. The van der Waals surface area contributed by atoms with Crippen molar-refractivity contribution in [3.05, 3.63) is 41.5 Å². The maximum Gasteiger partial charge on any atom is 0.416 e. The fourth-order valence-electron chi connectivity index (χ4n) is 3.60. The molecule has 3 aromatic rings. The first-order chi connectivity index (χ1) is 17.9. The normalized spacial score (nSPS) is 10.5. The maximum atomic E-state index is 13.2. The number of fused-ring (bicyclic) bond motifs is 1. The van der Waals surface area contributed by atoms with Crippen LogP contribution in [0.25, 0.3) is 17.0 Å². The lowest BCUT2D eigenvalue weighted by Crippen LogP contribution is -2.37. The van der Waals surface area contributed by atoms with Gasteiger partial charge >= 0.3 is 18.0 Å². The summed E-state index contributed by atoms with van der Waals surface area (Å²) in [5.41, 5.74) is 0.630. The highest BCUT2D eigenvalue weighted by atomic mass is 16.6. The second kappa shape index (κ2) is 12.9. The minimum Gasteiger partial charge on any atom is -0.466 e. The molecule has 0 unspecified atom stereocenters. The number of aldehydes is 1. The third-order valence-corrected chi connectivity index (χ3v) is 5.30. The van der Waals surface area contributed by atoms with Gasteiger partial charge in [-0.3, -0.25) is 19.5 Å². The molecule has 0 radical (unpaired) electrons. The van der Waals surface area contributed by atoms with Crippen molar-refractivity contribution in [2.75, 3.05) is 26.3 Å². The Morgan fingerprint density at radius 2 is 1.76 bits per heavy atom. The topological polar surface area (TPSA) is 156 Å². The van der Waals surface area contributed by atoms with E-state index in [0.717, 1.165) is 0 Å². The molecule has 2 heterocycles. The smallest absolute Gasteiger partial charge is 0.416 e. The van der Waals surface area contributed by atoms with Crippen LogP contribution in [0.2, 0.25) is 0 Å². The van der Waals surface area contributed by atoms with Gasteiger partial charge in [-0.05, 0) is 20.3 Å². The second-order valence-electron chi connectivity index (χ2n) is 7.74. The molecule has 0 fully saturated rings. The van der Waals surface area contributed by atoms with Crippen LogP contribution in [0.15, 0.2) is 30.3 Å².